The van der Waals surface area contributed by atoms with Gasteiger partial charge in [0.1, 0.15) is 0 Å². The Morgan fingerprint density at radius 1 is 1.40 bits per heavy atom. The smallest absolute Gasteiger partial charge is 0.178 e. The van der Waals surface area contributed by atoms with Crippen LogP contribution in [0.1, 0.15) is 55.4 Å². The van der Waals surface area contributed by atoms with Crippen LogP contribution < -0.4 is 0 Å². The number of ketones is 1. The van der Waals surface area contributed by atoms with Gasteiger partial charge in [0.2, 0.25) is 0 Å². The molecular weight excluding hydrogens is 248 g/mol. The summed E-state index contributed by atoms with van der Waals surface area (Å²) in [6, 6.07) is 2.71. The zero-order chi connectivity index (χ0) is 14.9. The molecule has 1 heterocycles. The zero-order valence-electron chi connectivity index (χ0n) is 13.6. The molecule has 20 heavy (non-hydrogen) atoms. The molecule has 0 spiro atoms. The number of aromatic nitrogens is 1. The molecule has 3 heteroatoms. The quantitative estimate of drug-likeness (QED) is 0.713. The van der Waals surface area contributed by atoms with Crippen LogP contribution in [-0.2, 0) is 6.54 Å². The Balaban J connectivity index is 2.10. The van der Waals surface area contributed by atoms with Crippen LogP contribution >= 0.6 is 0 Å². The van der Waals surface area contributed by atoms with Crippen LogP contribution in [0.2, 0.25) is 0 Å². The van der Waals surface area contributed by atoms with Gasteiger partial charge in [-0.25, -0.2) is 0 Å². The fourth-order valence-electron chi connectivity index (χ4n) is 3.09. The maximum absolute atomic E-state index is 12.6. The highest BCUT2D eigenvalue weighted by Gasteiger charge is 2.31. The number of aryl methyl sites for hydroxylation is 1. The van der Waals surface area contributed by atoms with Gasteiger partial charge in [-0.3, -0.25) is 9.69 Å². The fourth-order valence-corrected chi connectivity index (χ4v) is 3.09. The first kappa shape index (κ1) is 15.3. The normalized spacial score (nSPS) is 15.3. The lowest BCUT2D eigenvalue weighted by molar-refractivity contribution is 0.0914. The average Bonchev–Trinajstić information content (AvgIpc) is 3.15. The Bertz CT molecular complexity index is 483. The van der Waals surface area contributed by atoms with E-state index in [0.29, 0.717) is 18.5 Å². The van der Waals surface area contributed by atoms with Crippen molar-refractivity contribution >= 4 is 5.78 Å². The van der Waals surface area contributed by atoms with Gasteiger partial charge in [0.25, 0.3) is 0 Å². The van der Waals surface area contributed by atoms with Gasteiger partial charge in [-0.15, -0.1) is 0 Å². The van der Waals surface area contributed by atoms with E-state index >= 15 is 0 Å². The van der Waals surface area contributed by atoms with E-state index in [9.17, 15) is 4.79 Å². The third-order valence-corrected chi connectivity index (χ3v) is 4.20. The van der Waals surface area contributed by atoms with Crippen LogP contribution in [0.25, 0.3) is 0 Å². The van der Waals surface area contributed by atoms with Crippen molar-refractivity contribution in [3.8, 4) is 0 Å². The zero-order valence-corrected chi connectivity index (χ0v) is 13.6. The van der Waals surface area contributed by atoms with Crippen molar-refractivity contribution < 1.29 is 4.79 Å². The SMILES string of the molecule is CCn1c(C)cc(C(=O)CN(CC(C)C)C2CC2)c1C. The molecule has 0 amide bonds. The lowest BCUT2D eigenvalue weighted by atomic mass is 10.1. The summed E-state index contributed by atoms with van der Waals surface area (Å²) < 4.78 is 2.22. The first-order chi connectivity index (χ1) is 9.43. The number of nitrogens with zero attached hydrogens (tertiary/aromatic N) is 2. The molecule has 0 aliphatic heterocycles. The molecule has 0 radical (unpaired) electrons. The number of carbonyl (C=O) groups is 1. The number of Topliss-reactive ketones (excluding diaryl/α,β-unsaturated/α-hetero) is 1. The first-order valence-corrected chi connectivity index (χ1v) is 7.88. The third-order valence-electron chi connectivity index (χ3n) is 4.20. The molecule has 0 bridgehead atoms. The number of carbonyl (C=O) groups excluding carboxylic acids is 1. The number of hydrogen-bond acceptors (Lipinski definition) is 2. The van der Waals surface area contributed by atoms with Crippen molar-refractivity contribution in [3.63, 3.8) is 0 Å². The molecule has 2 rings (SSSR count). The van der Waals surface area contributed by atoms with Gasteiger partial charge < -0.3 is 4.57 Å². The van der Waals surface area contributed by atoms with Crippen molar-refractivity contribution in [1.82, 2.24) is 9.47 Å². The number of rotatable bonds is 7. The molecule has 1 aromatic heterocycles. The maximum Gasteiger partial charge on any atom is 0.178 e. The average molecular weight is 276 g/mol. The lowest BCUT2D eigenvalue weighted by Gasteiger charge is -2.23. The molecule has 3 nitrogen and oxygen atoms in total. The summed E-state index contributed by atoms with van der Waals surface area (Å²) in [5.41, 5.74) is 3.23. The van der Waals surface area contributed by atoms with Crippen molar-refractivity contribution in [3.05, 3.63) is 23.0 Å². The van der Waals surface area contributed by atoms with Crippen LogP contribution in [0.15, 0.2) is 6.07 Å². The summed E-state index contributed by atoms with van der Waals surface area (Å²) in [7, 11) is 0. The summed E-state index contributed by atoms with van der Waals surface area (Å²) in [5, 5.41) is 0. The Morgan fingerprint density at radius 3 is 2.50 bits per heavy atom. The Hall–Kier alpha value is -1.09. The predicted molar refractivity (Wildman–Crippen MR) is 83.3 cm³/mol. The van der Waals surface area contributed by atoms with Crippen LogP contribution in [0.4, 0.5) is 0 Å². The second kappa shape index (κ2) is 6.13. The van der Waals surface area contributed by atoms with Gasteiger partial charge in [-0.05, 0) is 45.6 Å². The van der Waals surface area contributed by atoms with E-state index in [0.717, 1.165) is 24.3 Å². The Morgan fingerprint density at radius 2 is 2.05 bits per heavy atom. The maximum atomic E-state index is 12.6. The summed E-state index contributed by atoms with van der Waals surface area (Å²) in [6.07, 6.45) is 2.52. The highest BCUT2D eigenvalue weighted by molar-refractivity contribution is 5.99. The van der Waals surface area contributed by atoms with E-state index < -0.39 is 0 Å². The van der Waals surface area contributed by atoms with E-state index in [1.54, 1.807) is 0 Å². The highest BCUT2D eigenvalue weighted by atomic mass is 16.1. The van der Waals surface area contributed by atoms with E-state index in [2.05, 4.69) is 50.2 Å². The van der Waals surface area contributed by atoms with Crippen molar-refractivity contribution in [1.29, 1.82) is 0 Å². The lowest BCUT2D eigenvalue weighted by Crippen LogP contribution is -2.35. The van der Waals surface area contributed by atoms with E-state index in [4.69, 9.17) is 0 Å². The minimum atomic E-state index is 0.283. The summed E-state index contributed by atoms with van der Waals surface area (Å²) in [5.74, 6) is 0.900. The van der Waals surface area contributed by atoms with Crippen molar-refractivity contribution in [2.24, 2.45) is 5.92 Å². The molecule has 0 aromatic carbocycles. The topological polar surface area (TPSA) is 25.2 Å². The molecule has 1 aromatic rings. The molecule has 0 unspecified atom stereocenters. The van der Waals surface area contributed by atoms with Gasteiger partial charge in [-0.1, -0.05) is 13.8 Å². The van der Waals surface area contributed by atoms with Gasteiger partial charge >= 0.3 is 0 Å². The van der Waals surface area contributed by atoms with Gasteiger partial charge in [-0.2, -0.15) is 0 Å². The predicted octanol–water partition coefficient (Wildman–Crippen LogP) is 3.43. The van der Waals surface area contributed by atoms with Gasteiger partial charge in [0.15, 0.2) is 5.78 Å². The van der Waals surface area contributed by atoms with Crippen LogP contribution in [0.5, 0.6) is 0 Å². The Labute approximate surface area is 123 Å². The minimum Gasteiger partial charge on any atom is -0.349 e. The number of hydrogen-bond donors (Lipinski definition) is 0. The molecule has 112 valence electrons. The molecule has 0 N–H and O–H groups in total. The van der Waals surface area contributed by atoms with Crippen molar-refractivity contribution in [2.45, 2.75) is 60.0 Å². The minimum absolute atomic E-state index is 0.283. The molecule has 1 aliphatic rings. The first-order valence-electron chi connectivity index (χ1n) is 7.88. The van der Waals surface area contributed by atoms with Crippen LogP contribution in [0.3, 0.4) is 0 Å². The standard InChI is InChI=1S/C17H28N2O/c1-6-19-13(4)9-16(14(19)5)17(20)11-18(10-12(2)3)15-7-8-15/h9,12,15H,6-8,10-11H2,1-5H3. The van der Waals surface area contributed by atoms with E-state index in [1.165, 1.54) is 18.5 Å². The second-order valence-corrected chi connectivity index (χ2v) is 6.51. The van der Waals surface area contributed by atoms with Crippen LogP contribution in [-0.4, -0.2) is 34.4 Å². The Kier molecular flexibility index (Phi) is 4.69. The van der Waals surface area contributed by atoms with Crippen LogP contribution in [0, 0.1) is 19.8 Å². The second-order valence-electron chi connectivity index (χ2n) is 6.51. The molecule has 0 atom stereocenters. The van der Waals surface area contributed by atoms with E-state index in [1.807, 2.05) is 0 Å². The summed E-state index contributed by atoms with van der Waals surface area (Å²) >= 11 is 0. The third kappa shape index (κ3) is 3.32. The molecule has 1 fully saturated rings. The molecule has 0 saturated heterocycles. The molecule has 1 aliphatic carbocycles. The highest BCUT2D eigenvalue weighted by Crippen LogP contribution is 2.28. The fraction of sp³-hybridized carbons (Fsp3) is 0.706. The largest absolute Gasteiger partial charge is 0.349 e. The van der Waals surface area contributed by atoms with Gasteiger partial charge in [0, 0.05) is 36.1 Å². The summed E-state index contributed by atoms with van der Waals surface area (Å²) in [6.45, 7) is 13.3. The molecular formula is C17H28N2O. The monoisotopic (exact) mass is 276 g/mol. The summed E-state index contributed by atoms with van der Waals surface area (Å²) in [4.78, 5) is 15.0. The van der Waals surface area contributed by atoms with Crippen molar-refractivity contribution in [2.75, 3.05) is 13.1 Å². The van der Waals surface area contributed by atoms with Gasteiger partial charge in [0.05, 0.1) is 6.54 Å². The van der Waals surface area contributed by atoms with E-state index in [-0.39, 0.29) is 5.78 Å². The molecule has 1 saturated carbocycles.